The molecule has 0 saturated carbocycles. The summed E-state index contributed by atoms with van der Waals surface area (Å²) in [5.74, 6) is -0.0460. The molecule has 1 aromatic rings. The molecule has 0 radical (unpaired) electrons. The molecule has 0 bridgehead atoms. The van der Waals surface area contributed by atoms with E-state index in [1.165, 1.54) is 0 Å². The lowest BCUT2D eigenvalue weighted by molar-refractivity contribution is -0.137. The maximum Gasteiger partial charge on any atom is 0.416 e. The van der Waals surface area contributed by atoms with Gasteiger partial charge in [-0.3, -0.25) is 0 Å². The molecule has 0 unspecified atom stereocenters. The van der Waals surface area contributed by atoms with Gasteiger partial charge in [0, 0.05) is 13.1 Å². The number of aromatic nitrogens is 1. The zero-order valence-corrected chi connectivity index (χ0v) is 9.83. The minimum absolute atomic E-state index is 0.139. The third-order valence-electron chi connectivity index (χ3n) is 2.36. The molecule has 7 heteroatoms. The molecule has 0 saturated heterocycles. The smallest absolute Gasteiger partial charge is 0.384 e. The molecule has 0 aliphatic heterocycles. The zero-order chi connectivity index (χ0) is 13.8. The molecule has 1 aromatic heterocycles. The van der Waals surface area contributed by atoms with E-state index in [4.69, 9.17) is 11.0 Å². The van der Waals surface area contributed by atoms with E-state index in [1.54, 1.807) is 11.8 Å². The second-order valence-corrected chi connectivity index (χ2v) is 3.62. The molecule has 2 N–H and O–H groups in total. The van der Waals surface area contributed by atoms with E-state index in [0.29, 0.717) is 13.1 Å². The fourth-order valence-electron chi connectivity index (χ4n) is 1.48. The summed E-state index contributed by atoms with van der Waals surface area (Å²) in [6.45, 7) is 2.55. The second-order valence-electron chi connectivity index (χ2n) is 3.62. The Kier molecular flexibility index (Phi) is 4.37. The number of anilines is 2. The number of nitrogens with two attached hydrogens (primary N) is 1. The number of nitrogens with zero attached hydrogens (tertiary/aromatic N) is 3. The summed E-state index contributed by atoms with van der Waals surface area (Å²) < 4.78 is 37.8. The molecular weight excluding hydrogens is 245 g/mol. The first-order chi connectivity index (χ1) is 8.38. The Hall–Kier alpha value is -1.97. The number of nitrogen functional groups attached to an aromatic ring is 1. The third kappa shape index (κ3) is 3.52. The van der Waals surface area contributed by atoms with E-state index in [2.05, 4.69) is 4.98 Å². The highest BCUT2D eigenvalue weighted by molar-refractivity contribution is 5.49. The van der Waals surface area contributed by atoms with Crippen LogP contribution in [0.5, 0.6) is 0 Å². The van der Waals surface area contributed by atoms with E-state index in [1.807, 2.05) is 6.07 Å². The maximum absolute atomic E-state index is 12.6. The molecule has 98 valence electrons. The SMILES string of the molecule is CCN(CCC#N)c1cc(C(F)(F)F)cc(N)n1. The Morgan fingerprint density at radius 1 is 1.44 bits per heavy atom. The van der Waals surface area contributed by atoms with Gasteiger partial charge in [0.1, 0.15) is 11.6 Å². The van der Waals surface area contributed by atoms with E-state index in [-0.39, 0.29) is 18.1 Å². The lowest BCUT2D eigenvalue weighted by Gasteiger charge is -2.22. The van der Waals surface area contributed by atoms with Gasteiger partial charge in [-0.05, 0) is 19.1 Å². The largest absolute Gasteiger partial charge is 0.416 e. The van der Waals surface area contributed by atoms with Crippen molar-refractivity contribution in [3.63, 3.8) is 0 Å². The first-order valence-corrected chi connectivity index (χ1v) is 5.35. The van der Waals surface area contributed by atoms with Crippen LogP contribution in [0.4, 0.5) is 24.8 Å². The van der Waals surface area contributed by atoms with E-state index in [9.17, 15) is 13.2 Å². The molecule has 0 spiro atoms. The van der Waals surface area contributed by atoms with Crippen LogP contribution in [0.25, 0.3) is 0 Å². The van der Waals surface area contributed by atoms with Crippen molar-refractivity contribution in [2.75, 3.05) is 23.7 Å². The number of pyridine rings is 1. The number of halogens is 3. The molecule has 1 rings (SSSR count). The van der Waals surface area contributed by atoms with Crippen LogP contribution in [0.15, 0.2) is 12.1 Å². The number of alkyl halides is 3. The Bertz CT molecular complexity index is 451. The van der Waals surface area contributed by atoms with Gasteiger partial charge in [0.25, 0.3) is 0 Å². The summed E-state index contributed by atoms with van der Waals surface area (Å²) in [6.07, 6.45) is -4.24. The first kappa shape index (κ1) is 14.1. The van der Waals surface area contributed by atoms with Gasteiger partial charge in [0.05, 0.1) is 18.1 Å². The minimum atomic E-state index is -4.46. The number of nitriles is 1. The van der Waals surface area contributed by atoms with Crippen molar-refractivity contribution >= 4 is 11.6 Å². The molecular formula is C11H13F3N4. The fraction of sp³-hybridized carbons (Fsp3) is 0.455. The number of hydrogen-bond donors (Lipinski definition) is 1. The molecule has 4 nitrogen and oxygen atoms in total. The quantitative estimate of drug-likeness (QED) is 0.900. The highest BCUT2D eigenvalue weighted by Crippen LogP contribution is 2.32. The molecule has 0 amide bonds. The zero-order valence-electron chi connectivity index (χ0n) is 9.83. The molecule has 1 heterocycles. The third-order valence-corrected chi connectivity index (χ3v) is 2.36. The average Bonchev–Trinajstić information content (AvgIpc) is 2.28. The average molecular weight is 258 g/mol. The molecule has 0 aliphatic carbocycles. The van der Waals surface area contributed by atoms with Crippen molar-refractivity contribution in [1.82, 2.24) is 4.98 Å². The van der Waals surface area contributed by atoms with Gasteiger partial charge < -0.3 is 10.6 Å². The van der Waals surface area contributed by atoms with E-state index >= 15 is 0 Å². The van der Waals surface area contributed by atoms with Crippen LogP contribution in [0.3, 0.4) is 0 Å². The summed E-state index contributed by atoms with van der Waals surface area (Å²) in [7, 11) is 0. The van der Waals surface area contributed by atoms with Crippen molar-refractivity contribution in [3.05, 3.63) is 17.7 Å². The van der Waals surface area contributed by atoms with Gasteiger partial charge in [0.15, 0.2) is 0 Å². The lowest BCUT2D eigenvalue weighted by Crippen LogP contribution is -2.25. The Labute approximate surface area is 103 Å². The maximum atomic E-state index is 12.6. The van der Waals surface area contributed by atoms with Crippen molar-refractivity contribution in [2.24, 2.45) is 0 Å². The van der Waals surface area contributed by atoms with Crippen LogP contribution in [0.2, 0.25) is 0 Å². The predicted molar refractivity (Wildman–Crippen MR) is 61.8 cm³/mol. The first-order valence-electron chi connectivity index (χ1n) is 5.35. The fourth-order valence-corrected chi connectivity index (χ4v) is 1.48. The monoisotopic (exact) mass is 258 g/mol. The Morgan fingerprint density at radius 3 is 2.61 bits per heavy atom. The van der Waals surface area contributed by atoms with Gasteiger partial charge in [-0.25, -0.2) is 4.98 Å². The second kappa shape index (κ2) is 5.58. The highest BCUT2D eigenvalue weighted by Gasteiger charge is 2.31. The Balaban J connectivity index is 3.08. The number of hydrogen-bond acceptors (Lipinski definition) is 4. The van der Waals surface area contributed by atoms with E-state index in [0.717, 1.165) is 12.1 Å². The van der Waals surface area contributed by atoms with Gasteiger partial charge in [-0.1, -0.05) is 0 Å². The van der Waals surface area contributed by atoms with E-state index < -0.39 is 11.7 Å². The van der Waals surface area contributed by atoms with Gasteiger partial charge in [-0.15, -0.1) is 0 Å². The predicted octanol–water partition coefficient (Wildman–Crippen LogP) is 2.42. The minimum Gasteiger partial charge on any atom is -0.384 e. The van der Waals surface area contributed by atoms with Crippen molar-refractivity contribution in [3.8, 4) is 6.07 Å². The number of rotatable bonds is 4. The van der Waals surface area contributed by atoms with Crippen molar-refractivity contribution in [1.29, 1.82) is 5.26 Å². The van der Waals surface area contributed by atoms with Crippen LogP contribution in [0.1, 0.15) is 18.9 Å². The molecule has 0 fully saturated rings. The lowest BCUT2D eigenvalue weighted by atomic mass is 10.2. The summed E-state index contributed by atoms with van der Waals surface area (Å²) in [5, 5.41) is 8.49. The summed E-state index contributed by atoms with van der Waals surface area (Å²) in [5.41, 5.74) is 4.54. The normalized spacial score (nSPS) is 11.1. The summed E-state index contributed by atoms with van der Waals surface area (Å²) >= 11 is 0. The van der Waals surface area contributed by atoms with Crippen molar-refractivity contribution in [2.45, 2.75) is 19.5 Å². The van der Waals surface area contributed by atoms with Gasteiger partial charge in [-0.2, -0.15) is 18.4 Å². The van der Waals surface area contributed by atoms with Crippen LogP contribution in [0, 0.1) is 11.3 Å². The van der Waals surface area contributed by atoms with Gasteiger partial charge >= 0.3 is 6.18 Å². The highest BCUT2D eigenvalue weighted by atomic mass is 19.4. The summed E-state index contributed by atoms with van der Waals surface area (Å²) in [6, 6.07) is 3.67. The molecule has 18 heavy (non-hydrogen) atoms. The van der Waals surface area contributed by atoms with Crippen molar-refractivity contribution < 1.29 is 13.2 Å². The van der Waals surface area contributed by atoms with Crippen LogP contribution in [-0.2, 0) is 6.18 Å². The molecule has 0 aliphatic rings. The topological polar surface area (TPSA) is 65.9 Å². The van der Waals surface area contributed by atoms with Gasteiger partial charge in [0.2, 0.25) is 0 Å². The van der Waals surface area contributed by atoms with Crippen LogP contribution in [-0.4, -0.2) is 18.1 Å². The van der Waals surface area contributed by atoms with Crippen LogP contribution >= 0.6 is 0 Å². The standard InChI is InChI=1S/C11H13F3N4/c1-2-18(5-3-4-15)10-7-8(11(12,13)14)6-9(16)17-10/h6-7H,2-3,5H2,1H3,(H2,16,17). The Morgan fingerprint density at radius 2 is 2.11 bits per heavy atom. The summed E-state index contributed by atoms with van der Waals surface area (Å²) in [4.78, 5) is 5.44. The van der Waals surface area contributed by atoms with Crippen LogP contribution < -0.4 is 10.6 Å². The molecule has 0 aromatic carbocycles. The molecule has 0 atom stereocenters.